The third-order valence-electron chi connectivity index (χ3n) is 6.86. The van der Waals surface area contributed by atoms with Crippen molar-refractivity contribution in [1.29, 1.82) is 0 Å². The van der Waals surface area contributed by atoms with Crippen LogP contribution in [0, 0.1) is 17.8 Å². The summed E-state index contributed by atoms with van der Waals surface area (Å²) in [6, 6.07) is 6.25. The molecule has 3 atom stereocenters. The van der Waals surface area contributed by atoms with Crippen LogP contribution in [0.3, 0.4) is 0 Å². The fraction of sp³-hybridized carbons (Fsp3) is 0.667. The molecule has 7 nitrogen and oxygen atoms in total. The molecule has 4 saturated carbocycles. The second kappa shape index (κ2) is 8.28. The van der Waals surface area contributed by atoms with E-state index in [1.807, 2.05) is 0 Å². The summed E-state index contributed by atoms with van der Waals surface area (Å²) in [6.45, 7) is 0. The van der Waals surface area contributed by atoms with Gasteiger partial charge in [-0.1, -0.05) is 12.1 Å². The van der Waals surface area contributed by atoms with E-state index < -0.39 is 19.2 Å². The average molecular weight is 461 g/mol. The van der Waals surface area contributed by atoms with Gasteiger partial charge in [-0.2, -0.15) is 4.89 Å². The second-order valence-corrected chi connectivity index (χ2v) is 10.2. The summed E-state index contributed by atoms with van der Waals surface area (Å²) in [7, 11) is -3.61. The maximum Gasteiger partial charge on any atom is 1.00 e. The first-order chi connectivity index (χ1) is 12.7. The van der Waals surface area contributed by atoms with Crippen LogP contribution < -0.4 is 73.4 Å². The van der Waals surface area contributed by atoms with Crippen LogP contribution in [0.25, 0.3) is 0 Å². The van der Waals surface area contributed by atoms with E-state index in [1.54, 1.807) is 19.2 Å². The Morgan fingerprint density at radius 3 is 2.28 bits per heavy atom. The normalized spacial score (nSPS) is 42.0. The van der Waals surface area contributed by atoms with Crippen molar-refractivity contribution in [1.82, 2.24) is 0 Å². The quantitative estimate of drug-likeness (QED) is 0.197. The van der Waals surface area contributed by atoms with E-state index in [1.165, 1.54) is 12.1 Å². The zero-order valence-corrected chi connectivity index (χ0v) is 22.4. The zero-order chi connectivity index (χ0) is 19.1. The molecule has 1 heterocycles. The molecule has 5 fully saturated rings. The van der Waals surface area contributed by atoms with Crippen LogP contribution >= 0.6 is 19.4 Å². The van der Waals surface area contributed by atoms with Crippen LogP contribution in [-0.2, 0) is 24.9 Å². The summed E-state index contributed by atoms with van der Waals surface area (Å²) in [4.78, 5) is 33.3. The molecule has 11 heteroatoms. The topological polar surface area (TPSA) is 100 Å². The Labute approximate surface area is 218 Å². The second-order valence-electron chi connectivity index (χ2n) is 8.34. The van der Waals surface area contributed by atoms with Gasteiger partial charge in [-0.05, 0) is 62.0 Å². The summed E-state index contributed by atoms with van der Waals surface area (Å²) in [5.74, 6) is -0.293. The smallest absolute Gasteiger partial charge is 0.780 e. The van der Waals surface area contributed by atoms with Crippen LogP contribution in [0.15, 0.2) is 24.3 Å². The molecular weight excluding hydrogens is 441 g/mol. The standard InChI is InChI=1S/C18H22ClO7P.2Na/c1-23-18(12-3-2-4-15(7-12)24-27(20,21)22)17(25-26-18)13-5-11-6-14(17)10-16(19,8-11)9-13;;/h2-4,7,11,13-14H,5-6,8-10H2,1H3,(H2,20,21,22);;/q;2*+1/p-2. The van der Waals surface area contributed by atoms with E-state index in [2.05, 4.69) is 4.52 Å². The van der Waals surface area contributed by atoms with Crippen molar-refractivity contribution >= 4 is 19.4 Å². The fourth-order valence-corrected chi connectivity index (χ4v) is 7.19. The molecule has 4 aliphatic carbocycles. The minimum absolute atomic E-state index is 0. The number of phosphoric ester groups is 1. The Balaban J connectivity index is 0.00000120. The van der Waals surface area contributed by atoms with Crippen molar-refractivity contribution < 1.29 is 92.5 Å². The fourth-order valence-electron chi connectivity index (χ4n) is 6.23. The molecule has 29 heavy (non-hydrogen) atoms. The monoisotopic (exact) mass is 460 g/mol. The average Bonchev–Trinajstić information content (AvgIpc) is 2.52. The number of alkyl halides is 1. The molecule has 1 saturated heterocycles. The van der Waals surface area contributed by atoms with Gasteiger partial charge in [0.05, 0.1) is 0 Å². The van der Waals surface area contributed by atoms with Crippen molar-refractivity contribution in [3.8, 4) is 5.75 Å². The van der Waals surface area contributed by atoms with Gasteiger partial charge in [-0.3, -0.25) is 0 Å². The van der Waals surface area contributed by atoms with Gasteiger partial charge in [0, 0.05) is 17.5 Å². The van der Waals surface area contributed by atoms with Crippen LogP contribution in [0.5, 0.6) is 5.75 Å². The zero-order valence-electron chi connectivity index (χ0n) is 16.8. The van der Waals surface area contributed by atoms with Crippen molar-refractivity contribution in [2.75, 3.05) is 7.11 Å². The Kier molecular flexibility index (Phi) is 7.13. The van der Waals surface area contributed by atoms with Gasteiger partial charge in [-0.15, -0.1) is 11.6 Å². The van der Waals surface area contributed by atoms with E-state index in [-0.39, 0.29) is 81.6 Å². The molecule has 0 aromatic heterocycles. The number of hydrogen-bond donors (Lipinski definition) is 0. The number of ether oxygens (including phenoxy) is 1. The maximum atomic E-state index is 11.0. The Morgan fingerprint density at radius 2 is 1.79 bits per heavy atom. The van der Waals surface area contributed by atoms with E-state index in [0.29, 0.717) is 11.5 Å². The van der Waals surface area contributed by atoms with Crippen molar-refractivity contribution in [3.63, 3.8) is 0 Å². The molecule has 1 spiro atoms. The third kappa shape index (κ3) is 3.76. The molecular formula is C18H20ClNa2O7P. The third-order valence-corrected chi connectivity index (χ3v) is 7.76. The molecule has 148 valence electrons. The first-order valence-corrected chi connectivity index (χ1v) is 11.0. The first kappa shape index (κ1) is 25.0. The molecule has 5 aliphatic rings. The summed E-state index contributed by atoms with van der Waals surface area (Å²) in [6.07, 6.45) is 4.73. The van der Waals surface area contributed by atoms with Crippen LogP contribution in [0.2, 0.25) is 0 Å². The van der Waals surface area contributed by atoms with Crippen molar-refractivity contribution in [2.24, 2.45) is 17.8 Å². The summed E-state index contributed by atoms with van der Waals surface area (Å²) >= 11 is 6.86. The molecule has 1 aliphatic heterocycles. The Hall–Kier alpha value is 1.34. The minimum Gasteiger partial charge on any atom is -0.780 e. The molecule has 0 radical (unpaired) electrons. The molecule has 1 aromatic carbocycles. The van der Waals surface area contributed by atoms with Crippen LogP contribution in [-0.4, -0.2) is 17.6 Å². The maximum absolute atomic E-state index is 11.0. The largest absolute Gasteiger partial charge is 1.00 e. The van der Waals surface area contributed by atoms with Gasteiger partial charge in [0.2, 0.25) is 0 Å². The molecule has 6 rings (SSSR count). The summed E-state index contributed by atoms with van der Waals surface area (Å²) in [5, 5.41) is 0. The molecule has 0 amide bonds. The number of phosphoric acid groups is 1. The van der Waals surface area contributed by atoms with Gasteiger partial charge in [0.25, 0.3) is 5.79 Å². The predicted octanol–water partition coefficient (Wildman–Crippen LogP) is -3.78. The predicted molar refractivity (Wildman–Crippen MR) is 90.4 cm³/mol. The molecule has 0 N–H and O–H groups in total. The van der Waals surface area contributed by atoms with E-state index in [9.17, 15) is 14.4 Å². The van der Waals surface area contributed by atoms with Crippen molar-refractivity contribution in [2.45, 2.75) is 48.4 Å². The van der Waals surface area contributed by atoms with Crippen molar-refractivity contribution in [3.05, 3.63) is 29.8 Å². The molecule has 4 bridgehead atoms. The molecule has 3 unspecified atom stereocenters. The minimum atomic E-state index is -5.16. The number of hydrogen-bond acceptors (Lipinski definition) is 7. The van der Waals surface area contributed by atoms with E-state index >= 15 is 0 Å². The van der Waals surface area contributed by atoms with Gasteiger partial charge in [0.15, 0.2) is 5.60 Å². The first-order valence-electron chi connectivity index (χ1n) is 9.13. The Bertz CT molecular complexity index is 816. The van der Waals surface area contributed by atoms with Gasteiger partial charge < -0.3 is 23.6 Å². The van der Waals surface area contributed by atoms with Gasteiger partial charge in [0.1, 0.15) is 13.6 Å². The SMILES string of the molecule is COC1(c2cccc(OP(=O)([O-])[O-])c2)OOC12C1CC3CC2CC(Cl)(C3)C1.[Na+].[Na+]. The molecule has 1 aromatic rings. The van der Waals surface area contributed by atoms with Gasteiger partial charge >= 0.3 is 59.1 Å². The van der Waals surface area contributed by atoms with E-state index in [0.717, 1.165) is 32.1 Å². The van der Waals surface area contributed by atoms with E-state index in [4.69, 9.17) is 26.1 Å². The Morgan fingerprint density at radius 1 is 1.14 bits per heavy atom. The number of methoxy groups -OCH3 is 1. The summed E-state index contributed by atoms with van der Waals surface area (Å²) in [5.41, 5.74) is -0.104. The summed E-state index contributed by atoms with van der Waals surface area (Å²) < 4.78 is 21.4. The number of halogens is 1. The van der Waals surface area contributed by atoms with Gasteiger partial charge in [-0.25, -0.2) is 4.89 Å². The number of rotatable bonds is 4. The van der Waals surface area contributed by atoms with Crippen LogP contribution in [0.4, 0.5) is 0 Å². The van der Waals surface area contributed by atoms with Crippen LogP contribution in [0.1, 0.15) is 37.7 Å². The number of benzene rings is 1.